The summed E-state index contributed by atoms with van der Waals surface area (Å²) in [6, 6.07) is 9.49. The number of nitrogens with one attached hydrogen (secondary N) is 1. The fourth-order valence-electron chi connectivity index (χ4n) is 2.74. The summed E-state index contributed by atoms with van der Waals surface area (Å²) >= 11 is 1.62. The monoisotopic (exact) mass is 340 g/mol. The first kappa shape index (κ1) is 14.9. The maximum atomic E-state index is 12.2. The second-order valence-corrected chi connectivity index (χ2v) is 6.62. The minimum atomic E-state index is -0.142. The van der Waals surface area contributed by atoms with Gasteiger partial charge in [0, 0.05) is 29.4 Å². The number of thiophene rings is 1. The summed E-state index contributed by atoms with van der Waals surface area (Å²) in [5.74, 6) is 0.659. The third kappa shape index (κ3) is 3.16. The molecule has 4 heterocycles. The Kier molecular flexibility index (Phi) is 4.00. The summed E-state index contributed by atoms with van der Waals surface area (Å²) < 4.78 is 7.77. The Balaban J connectivity index is 1.36. The minimum absolute atomic E-state index is 0.0399. The Bertz CT molecular complexity index is 806. The highest BCUT2D eigenvalue weighted by molar-refractivity contribution is 7.09. The molecule has 3 aromatic rings. The van der Waals surface area contributed by atoms with E-state index in [1.54, 1.807) is 23.7 Å². The maximum absolute atomic E-state index is 12.2. The molecule has 0 aliphatic carbocycles. The van der Waals surface area contributed by atoms with Crippen molar-refractivity contribution in [2.24, 2.45) is 0 Å². The topological polar surface area (TPSA) is 69.0 Å². The third-order valence-corrected chi connectivity index (χ3v) is 4.74. The standard InChI is InChI=1S/C17H16N4O2S/c22-17(19-10-15-2-1-7-24-15)16-9-12-8-14(11-21(12)20-16)23-13-3-5-18-6-4-13/h1-7,9,14H,8,10-11H2,(H,19,22)/t14-/m0/s1. The van der Waals surface area contributed by atoms with E-state index >= 15 is 0 Å². The zero-order chi connectivity index (χ0) is 16.4. The highest BCUT2D eigenvalue weighted by Crippen LogP contribution is 2.21. The van der Waals surface area contributed by atoms with Gasteiger partial charge in [-0.1, -0.05) is 6.07 Å². The van der Waals surface area contributed by atoms with Gasteiger partial charge < -0.3 is 10.1 Å². The lowest BCUT2D eigenvalue weighted by atomic mass is 10.2. The van der Waals surface area contributed by atoms with E-state index in [1.165, 1.54) is 0 Å². The number of rotatable bonds is 5. The highest BCUT2D eigenvalue weighted by Gasteiger charge is 2.26. The lowest BCUT2D eigenvalue weighted by molar-refractivity contribution is 0.0944. The third-order valence-electron chi connectivity index (χ3n) is 3.87. The van der Waals surface area contributed by atoms with E-state index in [4.69, 9.17) is 4.74 Å². The van der Waals surface area contributed by atoms with Crippen molar-refractivity contribution >= 4 is 17.2 Å². The number of fused-ring (bicyclic) bond motifs is 1. The second-order valence-electron chi connectivity index (χ2n) is 5.59. The normalized spacial score (nSPS) is 15.9. The predicted octanol–water partition coefficient (Wildman–Crippen LogP) is 2.27. The highest BCUT2D eigenvalue weighted by atomic mass is 32.1. The van der Waals surface area contributed by atoms with Crippen LogP contribution in [0.1, 0.15) is 21.1 Å². The molecule has 0 bridgehead atoms. The molecule has 0 spiro atoms. The van der Waals surface area contributed by atoms with Crippen molar-refractivity contribution in [3.63, 3.8) is 0 Å². The summed E-state index contributed by atoms with van der Waals surface area (Å²) in [6.45, 7) is 1.18. The average Bonchev–Trinajstić information content (AvgIpc) is 3.29. The zero-order valence-corrected chi connectivity index (χ0v) is 13.7. The largest absolute Gasteiger partial charge is 0.488 e. The number of amides is 1. The van der Waals surface area contributed by atoms with E-state index in [0.29, 0.717) is 18.8 Å². The molecule has 4 rings (SSSR count). The van der Waals surface area contributed by atoms with Crippen LogP contribution in [0.25, 0.3) is 0 Å². The first-order valence-corrected chi connectivity index (χ1v) is 8.60. The van der Waals surface area contributed by atoms with Gasteiger partial charge in [0.2, 0.25) is 0 Å². The molecule has 1 amide bonds. The van der Waals surface area contributed by atoms with Gasteiger partial charge in [0.1, 0.15) is 17.5 Å². The number of hydrogen-bond donors (Lipinski definition) is 1. The van der Waals surface area contributed by atoms with Crippen molar-refractivity contribution < 1.29 is 9.53 Å². The lowest BCUT2D eigenvalue weighted by Gasteiger charge is -2.12. The van der Waals surface area contributed by atoms with E-state index in [1.807, 2.05) is 40.4 Å². The van der Waals surface area contributed by atoms with Crippen LogP contribution < -0.4 is 10.1 Å². The molecule has 0 saturated heterocycles. The molecule has 0 unspecified atom stereocenters. The summed E-state index contributed by atoms with van der Waals surface area (Å²) in [6.07, 6.45) is 4.20. The van der Waals surface area contributed by atoms with E-state index in [9.17, 15) is 4.79 Å². The van der Waals surface area contributed by atoms with Gasteiger partial charge >= 0.3 is 0 Å². The van der Waals surface area contributed by atoms with Crippen LogP contribution in [0.5, 0.6) is 5.75 Å². The lowest BCUT2D eigenvalue weighted by Crippen LogP contribution is -2.24. The van der Waals surface area contributed by atoms with Gasteiger partial charge in [-0.05, 0) is 29.6 Å². The second kappa shape index (κ2) is 6.45. The van der Waals surface area contributed by atoms with E-state index in [0.717, 1.165) is 22.7 Å². The predicted molar refractivity (Wildman–Crippen MR) is 90.1 cm³/mol. The van der Waals surface area contributed by atoms with Crippen molar-refractivity contribution in [2.75, 3.05) is 0 Å². The van der Waals surface area contributed by atoms with Crippen LogP contribution in [-0.2, 0) is 19.5 Å². The van der Waals surface area contributed by atoms with E-state index in [2.05, 4.69) is 15.4 Å². The van der Waals surface area contributed by atoms with E-state index in [-0.39, 0.29) is 12.0 Å². The molecule has 1 N–H and O–H groups in total. The first-order chi connectivity index (χ1) is 11.8. The number of hydrogen-bond acceptors (Lipinski definition) is 5. The molecule has 24 heavy (non-hydrogen) atoms. The fourth-order valence-corrected chi connectivity index (χ4v) is 3.38. The van der Waals surface area contributed by atoms with Gasteiger partial charge in [-0.15, -0.1) is 11.3 Å². The molecule has 3 aromatic heterocycles. The number of carbonyl (C=O) groups is 1. The fraction of sp³-hybridized carbons (Fsp3) is 0.235. The number of aromatic nitrogens is 3. The first-order valence-electron chi connectivity index (χ1n) is 7.72. The minimum Gasteiger partial charge on any atom is -0.488 e. The molecule has 122 valence electrons. The van der Waals surface area contributed by atoms with Crippen LogP contribution in [0.15, 0.2) is 48.1 Å². The molecule has 1 atom stereocenters. The Morgan fingerprint density at radius 1 is 1.38 bits per heavy atom. The summed E-state index contributed by atoms with van der Waals surface area (Å²) in [5, 5.41) is 9.29. The molecule has 6 nitrogen and oxygen atoms in total. The van der Waals surface area contributed by atoms with Gasteiger partial charge in [-0.25, -0.2) is 0 Å². The quantitative estimate of drug-likeness (QED) is 0.774. The zero-order valence-electron chi connectivity index (χ0n) is 12.9. The number of carbonyl (C=O) groups excluding carboxylic acids is 1. The number of pyridine rings is 1. The Morgan fingerprint density at radius 3 is 3.00 bits per heavy atom. The van der Waals surface area contributed by atoms with Crippen molar-refractivity contribution in [1.82, 2.24) is 20.1 Å². The van der Waals surface area contributed by atoms with Crippen LogP contribution >= 0.6 is 11.3 Å². The SMILES string of the molecule is O=C(NCc1cccs1)c1cc2n(n1)C[C@@H](Oc1ccncc1)C2. The van der Waals surface area contributed by atoms with Gasteiger partial charge in [-0.2, -0.15) is 5.10 Å². The molecule has 0 saturated carbocycles. The molecule has 0 fully saturated rings. The Hall–Kier alpha value is -2.67. The van der Waals surface area contributed by atoms with Crippen molar-refractivity contribution in [2.45, 2.75) is 25.6 Å². The van der Waals surface area contributed by atoms with Crippen molar-refractivity contribution in [3.05, 3.63) is 64.4 Å². The molecular weight excluding hydrogens is 324 g/mol. The smallest absolute Gasteiger partial charge is 0.272 e. The van der Waals surface area contributed by atoms with Crippen molar-refractivity contribution in [1.29, 1.82) is 0 Å². The van der Waals surface area contributed by atoms with Gasteiger partial charge in [0.05, 0.1) is 13.1 Å². The number of ether oxygens (including phenoxy) is 1. The van der Waals surface area contributed by atoms with Crippen molar-refractivity contribution in [3.8, 4) is 5.75 Å². The summed E-state index contributed by atoms with van der Waals surface area (Å²) in [7, 11) is 0. The van der Waals surface area contributed by atoms with Crippen LogP contribution in [0.4, 0.5) is 0 Å². The van der Waals surface area contributed by atoms with Gasteiger partial charge in [0.15, 0.2) is 0 Å². The van der Waals surface area contributed by atoms with Gasteiger partial charge in [-0.3, -0.25) is 14.5 Å². The van der Waals surface area contributed by atoms with Crippen LogP contribution in [-0.4, -0.2) is 26.8 Å². The van der Waals surface area contributed by atoms with Crippen LogP contribution in [0.2, 0.25) is 0 Å². The van der Waals surface area contributed by atoms with E-state index < -0.39 is 0 Å². The Labute approximate surface area is 143 Å². The molecule has 1 aliphatic rings. The van der Waals surface area contributed by atoms with Crippen LogP contribution in [0.3, 0.4) is 0 Å². The summed E-state index contributed by atoms with van der Waals surface area (Å²) in [5.41, 5.74) is 1.49. The Morgan fingerprint density at radius 2 is 2.25 bits per heavy atom. The maximum Gasteiger partial charge on any atom is 0.272 e. The van der Waals surface area contributed by atoms with Crippen LogP contribution in [0, 0.1) is 0 Å². The molecule has 0 radical (unpaired) electrons. The van der Waals surface area contributed by atoms with Gasteiger partial charge in [0.25, 0.3) is 5.91 Å². The molecule has 0 aromatic carbocycles. The molecular formula is C17H16N4O2S. The number of nitrogens with zero attached hydrogens (tertiary/aromatic N) is 3. The average molecular weight is 340 g/mol. The summed E-state index contributed by atoms with van der Waals surface area (Å²) in [4.78, 5) is 17.3. The molecule has 1 aliphatic heterocycles. The molecule has 7 heteroatoms.